The second-order valence-electron chi connectivity index (χ2n) is 3.82. The summed E-state index contributed by atoms with van der Waals surface area (Å²) in [6.07, 6.45) is 3.54. The molecule has 0 amide bonds. The Morgan fingerprint density at radius 1 is 1.46 bits per heavy atom. The van der Waals surface area contributed by atoms with Gasteiger partial charge in [0.1, 0.15) is 0 Å². The molecule has 3 heteroatoms. The van der Waals surface area contributed by atoms with Crippen molar-refractivity contribution in [2.45, 2.75) is 32.2 Å². The Labute approximate surface area is 81.2 Å². The number of hydrogen-bond donors (Lipinski definition) is 1. The predicted molar refractivity (Wildman–Crippen MR) is 54.8 cm³/mol. The quantitative estimate of drug-likeness (QED) is 0.647. The first-order valence-electron chi connectivity index (χ1n) is 5.38. The molecule has 2 N–H and O–H groups in total. The molecule has 78 valence electrons. The molecule has 1 fully saturated rings. The van der Waals surface area contributed by atoms with E-state index in [0.717, 1.165) is 32.7 Å². The molecular formula is C10H22N2O. The molecule has 0 unspecified atom stereocenters. The molecule has 1 heterocycles. The highest BCUT2D eigenvalue weighted by atomic mass is 16.5. The SMILES string of the molecule is CCCOCCN1CCC[C@@H](N)C1. The fraction of sp³-hybridized carbons (Fsp3) is 1.00. The van der Waals surface area contributed by atoms with Gasteiger partial charge in [0.2, 0.25) is 0 Å². The van der Waals surface area contributed by atoms with Gasteiger partial charge in [-0.2, -0.15) is 0 Å². The first-order valence-corrected chi connectivity index (χ1v) is 5.38. The van der Waals surface area contributed by atoms with E-state index in [2.05, 4.69) is 11.8 Å². The van der Waals surface area contributed by atoms with E-state index >= 15 is 0 Å². The minimum atomic E-state index is 0.389. The lowest BCUT2D eigenvalue weighted by Crippen LogP contribution is -2.43. The molecule has 0 bridgehead atoms. The molecule has 0 spiro atoms. The first kappa shape index (κ1) is 11.0. The second-order valence-corrected chi connectivity index (χ2v) is 3.82. The van der Waals surface area contributed by atoms with Crippen LogP contribution in [-0.4, -0.2) is 43.8 Å². The van der Waals surface area contributed by atoms with Gasteiger partial charge < -0.3 is 10.5 Å². The van der Waals surface area contributed by atoms with E-state index in [4.69, 9.17) is 10.5 Å². The maximum Gasteiger partial charge on any atom is 0.0593 e. The molecule has 1 atom stereocenters. The topological polar surface area (TPSA) is 38.5 Å². The van der Waals surface area contributed by atoms with Gasteiger partial charge in [0.25, 0.3) is 0 Å². The van der Waals surface area contributed by atoms with E-state index in [-0.39, 0.29) is 0 Å². The zero-order valence-electron chi connectivity index (χ0n) is 8.67. The molecule has 3 nitrogen and oxygen atoms in total. The van der Waals surface area contributed by atoms with E-state index in [1.807, 2.05) is 0 Å². The van der Waals surface area contributed by atoms with Crippen LogP contribution in [0.4, 0.5) is 0 Å². The summed E-state index contributed by atoms with van der Waals surface area (Å²) in [5, 5.41) is 0. The number of ether oxygens (including phenoxy) is 1. The van der Waals surface area contributed by atoms with Crippen LogP contribution in [0.25, 0.3) is 0 Å². The van der Waals surface area contributed by atoms with Gasteiger partial charge in [-0.05, 0) is 25.8 Å². The van der Waals surface area contributed by atoms with E-state index < -0.39 is 0 Å². The summed E-state index contributed by atoms with van der Waals surface area (Å²) < 4.78 is 5.44. The Morgan fingerprint density at radius 3 is 3.00 bits per heavy atom. The third kappa shape index (κ3) is 4.60. The zero-order chi connectivity index (χ0) is 9.52. The largest absolute Gasteiger partial charge is 0.380 e. The zero-order valence-corrected chi connectivity index (χ0v) is 8.67. The van der Waals surface area contributed by atoms with Crippen molar-refractivity contribution in [3.8, 4) is 0 Å². The molecule has 0 aromatic heterocycles. The van der Waals surface area contributed by atoms with Gasteiger partial charge in [-0.3, -0.25) is 4.90 Å². The Balaban J connectivity index is 2.00. The Kier molecular flexibility index (Phi) is 5.35. The number of rotatable bonds is 5. The van der Waals surface area contributed by atoms with Crippen molar-refractivity contribution in [1.82, 2.24) is 4.90 Å². The van der Waals surface area contributed by atoms with Gasteiger partial charge in [0.05, 0.1) is 6.61 Å². The molecule has 0 aliphatic carbocycles. The number of hydrogen-bond acceptors (Lipinski definition) is 3. The maximum absolute atomic E-state index is 5.87. The highest BCUT2D eigenvalue weighted by Gasteiger charge is 2.15. The van der Waals surface area contributed by atoms with Gasteiger partial charge in [-0.1, -0.05) is 6.92 Å². The lowest BCUT2D eigenvalue weighted by Gasteiger charge is -2.30. The Hall–Kier alpha value is -0.120. The van der Waals surface area contributed by atoms with Gasteiger partial charge in [0, 0.05) is 25.7 Å². The summed E-state index contributed by atoms with van der Waals surface area (Å²) in [7, 11) is 0. The van der Waals surface area contributed by atoms with Crippen molar-refractivity contribution >= 4 is 0 Å². The molecule has 0 radical (unpaired) electrons. The van der Waals surface area contributed by atoms with Crippen molar-refractivity contribution in [2.24, 2.45) is 5.73 Å². The average molecular weight is 186 g/mol. The van der Waals surface area contributed by atoms with Crippen LogP contribution in [0.15, 0.2) is 0 Å². The molecular weight excluding hydrogens is 164 g/mol. The van der Waals surface area contributed by atoms with Gasteiger partial charge in [-0.15, -0.1) is 0 Å². The predicted octanol–water partition coefficient (Wildman–Crippen LogP) is 0.836. The van der Waals surface area contributed by atoms with E-state index in [0.29, 0.717) is 6.04 Å². The molecule has 1 rings (SSSR count). The highest BCUT2D eigenvalue weighted by molar-refractivity contribution is 4.74. The normalized spacial score (nSPS) is 24.9. The minimum absolute atomic E-state index is 0.389. The average Bonchev–Trinajstić information content (AvgIpc) is 2.13. The number of piperidine rings is 1. The monoisotopic (exact) mass is 186 g/mol. The number of likely N-dealkylation sites (tertiary alicyclic amines) is 1. The van der Waals surface area contributed by atoms with E-state index in [1.54, 1.807) is 0 Å². The summed E-state index contributed by atoms with van der Waals surface area (Å²) in [5.41, 5.74) is 5.87. The fourth-order valence-electron chi connectivity index (χ4n) is 1.73. The number of nitrogens with two attached hydrogens (primary N) is 1. The summed E-state index contributed by atoms with van der Waals surface area (Å²) in [4.78, 5) is 2.41. The van der Waals surface area contributed by atoms with Crippen LogP contribution in [0.1, 0.15) is 26.2 Å². The molecule has 1 aliphatic heterocycles. The van der Waals surface area contributed by atoms with Crippen molar-refractivity contribution in [1.29, 1.82) is 0 Å². The fourth-order valence-corrected chi connectivity index (χ4v) is 1.73. The highest BCUT2D eigenvalue weighted by Crippen LogP contribution is 2.07. The van der Waals surface area contributed by atoms with Crippen molar-refractivity contribution in [3.63, 3.8) is 0 Å². The smallest absolute Gasteiger partial charge is 0.0593 e. The lowest BCUT2D eigenvalue weighted by atomic mass is 10.1. The van der Waals surface area contributed by atoms with E-state index in [9.17, 15) is 0 Å². The maximum atomic E-state index is 5.87. The molecule has 0 saturated carbocycles. The van der Waals surface area contributed by atoms with Gasteiger partial charge in [0.15, 0.2) is 0 Å². The van der Waals surface area contributed by atoms with Crippen LogP contribution in [0, 0.1) is 0 Å². The lowest BCUT2D eigenvalue weighted by molar-refractivity contribution is 0.0935. The number of nitrogens with zero attached hydrogens (tertiary/aromatic N) is 1. The summed E-state index contributed by atoms with van der Waals surface area (Å²) in [6.45, 7) is 7.18. The third-order valence-corrected chi connectivity index (χ3v) is 2.44. The molecule has 0 aromatic carbocycles. The van der Waals surface area contributed by atoms with Crippen LogP contribution < -0.4 is 5.73 Å². The van der Waals surface area contributed by atoms with Crippen molar-refractivity contribution < 1.29 is 4.74 Å². The van der Waals surface area contributed by atoms with Crippen LogP contribution in [-0.2, 0) is 4.74 Å². The Bertz CT molecular complexity index is 130. The summed E-state index contributed by atoms with van der Waals surface area (Å²) >= 11 is 0. The molecule has 1 aliphatic rings. The van der Waals surface area contributed by atoms with Crippen molar-refractivity contribution in [3.05, 3.63) is 0 Å². The van der Waals surface area contributed by atoms with Gasteiger partial charge in [-0.25, -0.2) is 0 Å². The van der Waals surface area contributed by atoms with Crippen LogP contribution in [0.3, 0.4) is 0 Å². The first-order chi connectivity index (χ1) is 6.33. The standard InChI is InChI=1S/C10H22N2O/c1-2-7-13-8-6-12-5-3-4-10(11)9-12/h10H,2-9,11H2,1H3/t10-/m1/s1. The van der Waals surface area contributed by atoms with Crippen LogP contribution >= 0.6 is 0 Å². The molecule has 0 aromatic rings. The summed E-state index contributed by atoms with van der Waals surface area (Å²) in [6, 6.07) is 0.389. The summed E-state index contributed by atoms with van der Waals surface area (Å²) in [5.74, 6) is 0. The Morgan fingerprint density at radius 2 is 2.31 bits per heavy atom. The van der Waals surface area contributed by atoms with Crippen LogP contribution in [0.2, 0.25) is 0 Å². The van der Waals surface area contributed by atoms with Crippen molar-refractivity contribution in [2.75, 3.05) is 32.8 Å². The van der Waals surface area contributed by atoms with Crippen LogP contribution in [0.5, 0.6) is 0 Å². The molecule has 13 heavy (non-hydrogen) atoms. The second kappa shape index (κ2) is 6.35. The molecule has 1 saturated heterocycles. The van der Waals surface area contributed by atoms with E-state index in [1.165, 1.54) is 19.4 Å². The third-order valence-electron chi connectivity index (χ3n) is 2.44. The van der Waals surface area contributed by atoms with Gasteiger partial charge >= 0.3 is 0 Å². The minimum Gasteiger partial charge on any atom is -0.380 e.